The molecule has 0 bridgehead atoms. The van der Waals surface area contributed by atoms with Crippen LogP contribution in [0.2, 0.25) is 5.02 Å². The second kappa shape index (κ2) is 6.18. The maximum atomic E-state index is 13.3. The zero-order chi connectivity index (χ0) is 12.9. The summed E-state index contributed by atoms with van der Waals surface area (Å²) in [6.07, 6.45) is 1.06. The summed E-state index contributed by atoms with van der Waals surface area (Å²) in [5.41, 5.74) is 5.17. The third-order valence-electron chi connectivity index (χ3n) is 2.06. The maximum Gasteiger partial charge on any atom is 0.232 e. The summed E-state index contributed by atoms with van der Waals surface area (Å²) < 4.78 is 38.6. The lowest BCUT2D eigenvalue weighted by Crippen LogP contribution is -2.18. The highest BCUT2D eigenvalue weighted by molar-refractivity contribution is 7.92. The molecule has 0 spiro atoms. The number of hydrogen-bond acceptors (Lipinski definition) is 3. The number of halogens is 2. The molecular weight excluding hydrogens is 267 g/mol. The Balaban J connectivity index is 2.69. The second-order valence-electron chi connectivity index (χ2n) is 3.54. The van der Waals surface area contributed by atoms with Crippen LogP contribution in [0.1, 0.15) is 12.8 Å². The summed E-state index contributed by atoms with van der Waals surface area (Å²) in [6.45, 7) is 0.435. The molecule has 1 aromatic carbocycles. The molecule has 0 heterocycles. The van der Waals surface area contributed by atoms with E-state index in [0.29, 0.717) is 19.4 Å². The van der Waals surface area contributed by atoms with E-state index in [4.69, 9.17) is 17.3 Å². The van der Waals surface area contributed by atoms with E-state index in [1.807, 2.05) is 0 Å². The summed E-state index contributed by atoms with van der Waals surface area (Å²) in [5, 5.41) is 0.216. The molecule has 1 rings (SSSR count). The smallest absolute Gasteiger partial charge is 0.232 e. The van der Waals surface area contributed by atoms with Crippen molar-refractivity contribution in [2.24, 2.45) is 5.73 Å². The molecule has 1 aromatic rings. The van der Waals surface area contributed by atoms with Gasteiger partial charge in [-0.3, -0.25) is 4.72 Å². The zero-order valence-electron chi connectivity index (χ0n) is 9.12. The Morgan fingerprint density at radius 1 is 1.35 bits per heavy atom. The monoisotopic (exact) mass is 280 g/mol. The fourth-order valence-corrected chi connectivity index (χ4v) is 2.57. The standard InChI is InChI=1S/C10H14ClFN2O2S/c11-8-3-4-10(9(12)7-8)14-17(15,16)6-2-1-5-13/h3-4,7,14H,1-2,5-6,13H2. The average molecular weight is 281 g/mol. The largest absolute Gasteiger partial charge is 0.330 e. The van der Waals surface area contributed by atoms with Gasteiger partial charge in [0.1, 0.15) is 5.82 Å². The third kappa shape index (κ3) is 4.89. The Bertz CT molecular complexity index is 479. The van der Waals surface area contributed by atoms with Crippen LogP contribution in [0.15, 0.2) is 18.2 Å². The highest BCUT2D eigenvalue weighted by Crippen LogP contribution is 2.20. The fourth-order valence-electron chi connectivity index (χ4n) is 1.23. The zero-order valence-corrected chi connectivity index (χ0v) is 10.7. The van der Waals surface area contributed by atoms with E-state index in [2.05, 4.69) is 4.72 Å². The molecule has 0 aliphatic carbocycles. The van der Waals surface area contributed by atoms with Gasteiger partial charge in [0.15, 0.2) is 0 Å². The predicted octanol–water partition coefficient (Wildman–Crippen LogP) is 1.96. The number of anilines is 1. The number of sulfonamides is 1. The van der Waals surface area contributed by atoms with E-state index in [-0.39, 0.29) is 16.5 Å². The number of benzene rings is 1. The molecule has 17 heavy (non-hydrogen) atoms. The Morgan fingerprint density at radius 2 is 2.06 bits per heavy atom. The van der Waals surface area contributed by atoms with Gasteiger partial charge in [0, 0.05) is 5.02 Å². The summed E-state index contributed by atoms with van der Waals surface area (Å²) in [7, 11) is -3.53. The lowest BCUT2D eigenvalue weighted by Gasteiger charge is -2.08. The molecule has 0 aliphatic heterocycles. The van der Waals surface area contributed by atoms with Crippen LogP contribution in [-0.2, 0) is 10.0 Å². The average Bonchev–Trinajstić information content (AvgIpc) is 2.22. The molecule has 4 nitrogen and oxygen atoms in total. The summed E-state index contributed by atoms with van der Waals surface area (Å²) in [4.78, 5) is 0. The topological polar surface area (TPSA) is 72.2 Å². The van der Waals surface area contributed by atoms with Crippen LogP contribution >= 0.6 is 11.6 Å². The van der Waals surface area contributed by atoms with Crippen LogP contribution in [0, 0.1) is 5.82 Å². The van der Waals surface area contributed by atoms with E-state index in [9.17, 15) is 12.8 Å². The maximum absolute atomic E-state index is 13.3. The number of hydrogen-bond donors (Lipinski definition) is 2. The first-order valence-corrected chi connectivity index (χ1v) is 7.13. The predicted molar refractivity (Wildman–Crippen MR) is 67.1 cm³/mol. The second-order valence-corrected chi connectivity index (χ2v) is 5.82. The Hall–Kier alpha value is -0.850. The van der Waals surface area contributed by atoms with Crippen molar-refractivity contribution in [3.05, 3.63) is 29.0 Å². The van der Waals surface area contributed by atoms with Gasteiger partial charge < -0.3 is 5.73 Å². The third-order valence-corrected chi connectivity index (χ3v) is 3.66. The van der Waals surface area contributed by atoms with Gasteiger partial charge in [0.25, 0.3) is 0 Å². The van der Waals surface area contributed by atoms with Gasteiger partial charge in [0.05, 0.1) is 11.4 Å². The molecule has 96 valence electrons. The summed E-state index contributed by atoms with van der Waals surface area (Å²) in [6, 6.07) is 3.76. The van der Waals surface area contributed by atoms with E-state index in [1.54, 1.807) is 0 Å². The summed E-state index contributed by atoms with van der Waals surface area (Å²) >= 11 is 5.56. The van der Waals surface area contributed by atoms with E-state index < -0.39 is 15.8 Å². The van der Waals surface area contributed by atoms with Crippen LogP contribution in [0.5, 0.6) is 0 Å². The number of nitrogens with two attached hydrogens (primary N) is 1. The first kappa shape index (κ1) is 14.2. The molecule has 0 fully saturated rings. The molecule has 0 saturated heterocycles. The SMILES string of the molecule is NCCCCS(=O)(=O)Nc1ccc(Cl)cc1F. The van der Waals surface area contributed by atoms with Gasteiger partial charge in [-0.2, -0.15) is 0 Å². The van der Waals surface area contributed by atoms with Crippen LogP contribution < -0.4 is 10.5 Å². The van der Waals surface area contributed by atoms with Crippen molar-refractivity contribution in [1.82, 2.24) is 0 Å². The lowest BCUT2D eigenvalue weighted by atomic mass is 10.3. The molecule has 0 aromatic heterocycles. The Morgan fingerprint density at radius 3 is 2.65 bits per heavy atom. The van der Waals surface area contributed by atoms with Crippen molar-refractivity contribution < 1.29 is 12.8 Å². The highest BCUT2D eigenvalue weighted by Gasteiger charge is 2.12. The fraction of sp³-hybridized carbons (Fsp3) is 0.400. The van der Waals surface area contributed by atoms with Crippen LogP contribution in [0.3, 0.4) is 0 Å². The van der Waals surface area contributed by atoms with E-state index in [0.717, 1.165) is 6.07 Å². The van der Waals surface area contributed by atoms with Gasteiger partial charge >= 0.3 is 0 Å². The van der Waals surface area contributed by atoms with Gasteiger partial charge in [-0.1, -0.05) is 11.6 Å². The summed E-state index contributed by atoms with van der Waals surface area (Å²) in [5.74, 6) is -0.772. The molecule has 0 radical (unpaired) electrons. The van der Waals surface area contributed by atoms with E-state index in [1.165, 1.54) is 12.1 Å². The molecule has 0 saturated carbocycles. The molecular formula is C10H14ClFN2O2S. The number of nitrogens with one attached hydrogen (secondary N) is 1. The minimum atomic E-state index is -3.53. The lowest BCUT2D eigenvalue weighted by molar-refractivity contribution is 0.594. The van der Waals surface area contributed by atoms with Crippen LogP contribution in [0.4, 0.5) is 10.1 Å². The van der Waals surface area contributed by atoms with Crippen molar-refractivity contribution in [2.75, 3.05) is 17.0 Å². The molecule has 3 N–H and O–H groups in total. The van der Waals surface area contributed by atoms with Crippen molar-refractivity contribution >= 4 is 27.3 Å². The Kier molecular flexibility index (Phi) is 5.17. The molecule has 0 amide bonds. The van der Waals surface area contributed by atoms with Crippen molar-refractivity contribution in [3.8, 4) is 0 Å². The molecule has 0 aliphatic rings. The molecule has 0 atom stereocenters. The number of rotatable bonds is 6. The van der Waals surface area contributed by atoms with Gasteiger partial charge in [-0.25, -0.2) is 12.8 Å². The highest BCUT2D eigenvalue weighted by atomic mass is 35.5. The van der Waals surface area contributed by atoms with Crippen LogP contribution in [0.25, 0.3) is 0 Å². The van der Waals surface area contributed by atoms with Crippen LogP contribution in [-0.4, -0.2) is 20.7 Å². The Labute approximate surface area is 105 Å². The van der Waals surface area contributed by atoms with Crippen molar-refractivity contribution in [1.29, 1.82) is 0 Å². The number of unbranched alkanes of at least 4 members (excludes halogenated alkanes) is 1. The minimum Gasteiger partial charge on any atom is -0.330 e. The van der Waals surface area contributed by atoms with Gasteiger partial charge in [-0.05, 0) is 37.6 Å². The van der Waals surface area contributed by atoms with E-state index >= 15 is 0 Å². The quantitative estimate of drug-likeness (QED) is 0.783. The van der Waals surface area contributed by atoms with Gasteiger partial charge in [-0.15, -0.1) is 0 Å². The first-order valence-electron chi connectivity index (χ1n) is 5.10. The molecule has 0 unspecified atom stereocenters. The van der Waals surface area contributed by atoms with Gasteiger partial charge in [0.2, 0.25) is 10.0 Å². The molecule has 7 heteroatoms. The minimum absolute atomic E-state index is 0.0771. The van der Waals surface area contributed by atoms with Crippen molar-refractivity contribution in [2.45, 2.75) is 12.8 Å². The normalized spacial score (nSPS) is 11.5. The first-order chi connectivity index (χ1) is 7.94. The van der Waals surface area contributed by atoms with Crippen molar-refractivity contribution in [3.63, 3.8) is 0 Å².